The van der Waals surface area contributed by atoms with Crippen molar-refractivity contribution in [2.24, 2.45) is 5.92 Å². The summed E-state index contributed by atoms with van der Waals surface area (Å²) in [5.41, 5.74) is 0. The summed E-state index contributed by atoms with van der Waals surface area (Å²) >= 11 is 0. The Morgan fingerprint density at radius 2 is 1.89 bits per heavy atom. The molecule has 1 saturated heterocycles. The number of carbonyl (C=O) groups is 1. The van der Waals surface area contributed by atoms with Crippen LogP contribution in [0.3, 0.4) is 0 Å². The highest BCUT2D eigenvalue weighted by Gasteiger charge is 2.29. The normalized spacial score (nSPS) is 19.4. The fourth-order valence-corrected chi connectivity index (χ4v) is 3.37. The molecule has 1 unspecified atom stereocenters. The van der Waals surface area contributed by atoms with Gasteiger partial charge in [0.05, 0.1) is 0 Å². The molecule has 0 radical (unpaired) electrons. The Morgan fingerprint density at radius 1 is 1.32 bits per heavy atom. The highest BCUT2D eigenvalue weighted by molar-refractivity contribution is 7.87. The smallest absolute Gasteiger partial charge is 0.280 e. The maximum atomic E-state index is 12.2. The molecule has 1 aliphatic rings. The highest BCUT2D eigenvalue weighted by Crippen LogP contribution is 2.08. The average molecular weight is 292 g/mol. The van der Waals surface area contributed by atoms with Crippen molar-refractivity contribution >= 4 is 16.1 Å². The van der Waals surface area contributed by atoms with Crippen molar-refractivity contribution in [3.8, 4) is 0 Å². The van der Waals surface area contributed by atoms with Gasteiger partial charge in [0.15, 0.2) is 0 Å². The van der Waals surface area contributed by atoms with Gasteiger partial charge in [0.25, 0.3) is 10.2 Å². The van der Waals surface area contributed by atoms with Gasteiger partial charge in [-0.15, -0.1) is 0 Å². The summed E-state index contributed by atoms with van der Waals surface area (Å²) in [7, 11) is -2.09. The fraction of sp³-hybridized carbons (Fsp3) is 0.909. The number of nitrogens with one attached hydrogen (secondary N) is 3. The van der Waals surface area contributed by atoms with Crippen LogP contribution in [-0.4, -0.2) is 57.9 Å². The number of piperazine rings is 1. The van der Waals surface area contributed by atoms with Crippen LogP contribution in [0.4, 0.5) is 0 Å². The van der Waals surface area contributed by atoms with Gasteiger partial charge in [0, 0.05) is 33.2 Å². The molecule has 0 bridgehead atoms. The molecule has 8 heteroatoms. The van der Waals surface area contributed by atoms with Gasteiger partial charge in [-0.3, -0.25) is 4.79 Å². The molecule has 0 aromatic rings. The van der Waals surface area contributed by atoms with Crippen molar-refractivity contribution in [2.75, 3.05) is 33.2 Å². The Morgan fingerprint density at radius 3 is 2.37 bits per heavy atom. The first kappa shape index (κ1) is 16.4. The zero-order valence-corrected chi connectivity index (χ0v) is 12.6. The quantitative estimate of drug-likeness (QED) is 0.579. The number of hydrogen-bond donors (Lipinski definition) is 3. The van der Waals surface area contributed by atoms with E-state index in [1.807, 2.05) is 13.8 Å². The lowest BCUT2D eigenvalue weighted by Crippen LogP contribution is -2.55. The predicted molar refractivity (Wildman–Crippen MR) is 73.8 cm³/mol. The molecular weight excluding hydrogens is 268 g/mol. The van der Waals surface area contributed by atoms with Crippen LogP contribution in [0.25, 0.3) is 0 Å². The Hall–Kier alpha value is -0.700. The first-order valence-electron chi connectivity index (χ1n) is 6.56. The minimum Gasteiger partial charge on any atom is -0.358 e. The molecule has 1 heterocycles. The van der Waals surface area contributed by atoms with Crippen LogP contribution in [0.5, 0.6) is 0 Å². The second-order valence-electron chi connectivity index (χ2n) is 5.07. The summed E-state index contributed by atoms with van der Waals surface area (Å²) in [6.45, 7) is 6.03. The van der Waals surface area contributed by atoms with E-state index in [-0.39, 0.29) is 11.8 Å². The first-order chi connectivity index (χ1) is 8.86. The average Bonchev–Trinajstić information content (AvgIpc) is 2.37. The fourth-order valence-electron chi connectivity index (χ4n) is 1.99. The maximum absolute atomic E-state index is 12.2. The summed E-state index contributed by atoms with van der Waals surface area (Å²) in [5, 5.41) is 5.59. The van der Waals surface area contributed by atoms with Crippen molar-refractivity contribution in [3.05, 3.63) is 0 Å². The van der Waals surface area contributed by atoms with E-state index in [1.54, 1.807) is 0 Å². The zero-order valence-electron chi connectivity index (χ0n) is 11.8. The van der Waals surface area contributed by atoms with E-state index >= 15 is 0 Å². The molecule has 3 N–H and O–H groups in total. The topological polar surface area (TPSA) is 90.5 Å². The molecule has 0 aromatic heterocycles. The second kappa shape index (κ2) is 7.18. The van der Waals surface area contributed by atoms with Gasteiger partial charge in [-0.2, -0.15) is 17.4 Å². The summed E-state index contributed by atoms with van der Waals surface area (Å²) in [5.74, 6) is -0.0690. The third-order valence-electron chi connectivity index (χ3n) is 2.98. The van der Waals surface area contributed by atoms with Gasteiger partial charge in [0.1, 0.15) is 6.04 Å². The molecule has 1 atom stereocenters. The summed E-state index contributed by atoms with van der Waals surface area (Å²) in [4.78, 5) is 11.7. The van der Waals surface area contributed by atoms with Crippen LogP contribution in [0.2, 0.25) is 0 Å². The number of carbonyl (C=O) groups excluding carboxylic acids is 1. The Bertz CT molecular complexity index is 391. The Kier molecular flexibility index (Phi) is 6.18. The first-order valence-corrected chi connectivity index (χ1v) is 8.00. The lowest BCUT2D eigenvalue weighted by molar-refractivity contribution is -0.122. The molecule has 19 heavy (non-hydrogen) atoms. The monoisotopic (exact) mass is 292 g/mol. The standard InChI is InChI=1S/C11H24N4O3S/c1-9(2)8-10(11(16)12-3)14-19(17,18)15-6-4-13-5-7-15/h9-10,13-14H,4-8H2,1-3H3,(H,12,16). The molecule has 112 valence electrons. The largest absolute Gasteiger partial charge is 0.358 e. The van der Waals surface area contributed by atoms with E-state index in [9.17, 15) is 13.2 Å². The lowest BCUT2D eigenvalue weighted by Gasteiger charge is -2.29. The van der Waals surface area contributed by atoms with E-state index in [2.05, 4.69) is 15.4 Å². The van der Waals surface area contributed by atoms with Crippen LogP contribution in [0.1, 0.15) is 20.3 Å². The molecule has 1 amide bonds. The van der Waals surface area contributed by atoms with E-state index in [4.69, 9.17) is 0 Å². The summed E-state index contributed by atoms with van der Waals surface area (Å²) in [6, 6.07) is -0.718. The van der Waals surface area contributed by atoms with Gasteiger partial charge in [-0.1, -0.05) is 13.8 Å². The number of rotatable bonds is 6. The minimum atomic E-state index is -3.60. The van der Waals surface area contributed by atoms with E-state index in [0.717, 1.165) is 0 Å². The maximum Gasteiger partial charge on any atom is 0.280 e. The number of hydrogen-bond acceptors (Lipinski definition) is 4. The third kappa shape index (κ3) is 5.06. The van der Waals surface area contributed by atoms with Crippen molar-refractivity contribution < 1.29 is 13.2 Å². The van der Waals surface area contributed by atoms with Gasteiger partial charge in [-0.05, 0) is 12.3 Å². The van der Waals surface area contributed by atoms with E-state index in [0.29, 0.717) is 32.6 Å². The number of nitrogens with zero attached hydrogens (tertiary/aromatic N) is 1. The zero-order chi connectivity index (χ0) is 14.5. The molecular formula is C11H24N4O3S. The van der Waals surface area contributed by atoms with Gasteiger partial charge in [0.2, 0.25) is 5.91 Å². The molecule has 1 fully saturated rings. The van der Waals surface area contributed by atoms with Crippen molar-refractivity contribution in [1.82, 2.24) is 19.7 Å². The molecule has 0 aliphatic carbocycles. The van der Waals surface area contributed by atoms with Crippen molar-refractivity contribution in [2.45, 2.75) is 26.3 Å². The van der Waals surface area contributed by atoms with Crippen LogP contribution in [-0.2, 0) is 15.0 Å². The van der Waals surface area contributed by atoms with Crippen LogP contribution in [0.15, 0.2) is 0 Å². The molecule has 7 nitrogen and oxygen atoms in total. The van der Waals surface area contributed by atoms with E-state index < -0.39 is 16.3 Å². The van der Waals surface area contributed by atoms with Crippen LogP contribution < -0.4 is 15.4 Å². The minimum absolute atomic E-state index is 0.230. The van der Waals surface area contributed by atoms with Crippen LogP contribution in [0, 0.1) is 5.92 Å². The summed E-state index contributed by atoms with van der Waals surface area (Å²) < 4.78 is 28.3. The summed E-state index contributed by atoms with van der Waals surface area (Å²) in [6.07, 6.45) is 0.477. The predicted octanol–water partition coefficient (Wildman–Crippen LogP) is -1.11. The van der Waals surface area contributed by atoms with Crippen molar-refractivity contribution in [1.29, 1.82) is 0 Å². The Balaban J connectivity index is 2.73. The lowest BCUT2D eigenvalue weighted by atomic mass is 10.0. The van der Waals surface area contributed by atoms with Gasteiger partial charge < -0.3 is 10.6 Å². The van der Waals surface area contributed by atoms with Crippen LogP contribution >= 0.6 is 0 Å². The molecule has 0 aromatic carbocycles. The third-order valence-corrected chi connectivity index (χ3v) is 4.60. The van der Waals surface area contributed by atoms with Crippen molar-refractivity contribution in [3.63, 3.8) is 0 Å². The Labute approximate surface area is 115 Å². The molecule has 1 rings (SSSR count). The van der Waals surface area contributed by atoms with Gasteiger partial charge in [-0.25, -0.2) is 0 Å². The van der Waals surface area contributed by atoms with E-state index in [1.165, 1.54) is 11.4 Å². The number of likely N-dealkylation sites (N-methyl/N-ethyl adjacent to an activating group) is 1. The number of amides is 1. The molecule has 1 aliphatic heterocycles. The van der Waals surface area contributed by atoms with Gasteiger partial charge >= 0.3 is 0 Å². The molecule has 0 saturated carbocycles. The SMILES string of the molecule is CNC(=O)C(CC(C)C)NS(=O)(=O)N1CCNCC1. The molecule has 0 spiro atoms. The second-order valence-corrected chi connectivity index (χ2v) is 6.77. The highest BCUT2D eigenvalue weighted by atomic mass is 32.2.